The van der Waals surface area contributed by atoms with Crippen molar-refractivity contribution in [2.75, 3.05) is 0 Å². The minimum Gasteiger partial charge on any atom is -0.481 e. The van der Waals surface area contributed by atoms with Crippen LogP contribution in [-0.4, -0.2) is 16.1 Å². The second-order valence-corrected chi connectivity index (χ2v) is 4.60. The summed E-state index contributed by atoms with van der Waals surface area (Å²) in [5.74, 6) is -0.202. The maximum atomic E-state index is 10.6. The van der Waals surface area contributed by atoms with Crippen LogP contribution in [0, 0.1) is 0 Å². The van der Waals surface area contributed by atoms with Gasteiger partial charge in [0.1, 0.15) is 0 Å². The Morgan fingerprint density at radius 2 is 2.29 bits per heavy atom. The van der Waals surface area contributed by atoms with Gasteiger partial charge in [0.25, 0.3) is 0 Å². The van der Waals surface area contributed by atoms with Crippen molar-refractivity contribution in [3.8, 4) is 0 Å². The highest BCUT2D eigenvalue weighted by molar-refractivity contribution is 7.09. The first kappa shape index (κ1) is 9.65. The third kappa shape index (κ3) is 1.95. The summed E-state index contributed by atoms with van der Waals surface area (Å²) in [6.45, 7) is 0. The summed E-state index contributed by atoms with van der Waals surface area (Å²) in [5.41, 5.74) is 2.56. The van der Waals surface area contributed by atoms with E-state index in [1.807, 2.05) is 0 Å². The first-order valence-corrected chi connectivity index (χ1v) is 5.79. The number of thiazole rings is 1. The molecular formula is C10H13NO2S. The van der Waals surface area contributed by atoms with Crippen molar-refractivity contribution in [3.05, 3.63) is 16.1 Å². The molecule has 0 atom stereocenters. The second kappa shape index (κ2) is 4.09. The highest BCUT2D eigenvalue weighted by atomic mass is 32.1. The average molecular weight is 211 g/mol. The van der Waals surface area contributed by atoms with Crippen molar-refractivity contribution in [1.82, 2.24) is 4.98 Å². The minimum atomic E-state index is -0.782. The number of rotatable bonds is 3. The van der Waals surface area contributed by atoms with Gasteiger partial charge < -0.3 is 5.11 Å². The van der Waals surface area contributed by atoms with E-state index in [1.165, 1.54) is 30.6 Å². The Morgan fingerprint density at radius 3 is 2.93 bits per heavy atom. The lowest BCUT2D eigenvalue weighted by Gasteiger charge is -2.07. The standard InChI is InChI=1S/C10H13NO2S/c12-9(13)5-8-10(14-6-11-8)7-3-1-2-4-7/h6-7H,1-5H2,(H,12,13). The van der Waals surface area contributed by atoms with Gasteiger partial charge in [0.2, 0.25) is 0 Å². The predicted octanol–water partition coefficient (Wildman–Crippen LogP) is 2.43. The number of carboxylic acids is 1. The summed E-state index contributed by atoms with van der Waals surface area (Å²) in [4.78, 5) is 15.9. The third-order valence-electron chi connectivity index (χ3n) is 2.72. The average Bonchev–Trinajstić information content (AvgIpc) is 2.70. The van der Waals surface area contributed by atoms with Crippen LogP contribution in [0.5, 0.6) is 0 Å². The summed E-state index contributed by atoms with van der Waals surface area (Å²) in [7, 11) is 0. The van der Waals surface area contributed by atoms with E-state index in [1.54, 1.807) is 16.8 Å². The molecule has 14 heavy (non-hydrogen) atoms. The van der Waals surface area contributed by atoms with Crippen LogP contribution in [0.2, 0.25) is 0 Å². The molecule has 0 aliphatic heterocycles. The Kier molecular flexibility index (Phi) is 2.82. The molecule has 76 valence electrons. The van der Waals surface area contributed by atoms with Crippen LogP contribution >= 0.6 is 11.3 Å². The van der Waals surface area contributed by atoms with Crippen molar-refractivity contribution in [1.29, 1.82) is 0 Å². The van der Waals surface area contributed by atoms with E-state index in [4.69, 9.17) is 5.11 Å². The van der Waals surface area contributed by atoms with Crippen LogP contribution in [0.15, 0.2) is 5.51 Å². The zero-order valence-corrected chi connectivity index (χ0v) is 8.72. The topological polar surface area (TPSA) is 50.2 Å². The quantitative estimate of drug-likeness (QED) is 0.835. The van der Waals surface area contributed by atoms with Gasteiger partial charge in [-0.05, 0) is 18.8 Å². The third-order valence-corrected chi connectivity index (χ3v) is 3.75. The van der Waals surface area contributed by atoms with E-state index >= 15 is 0 Å². The molecule has 0 amide bonds. The van der Waals surface area contributed by atoms with E-state index in [-0.39, 0.29) is 6.42 Å². The zero-order valence-electron chi connectivity index (χ0n) is 7.90. The molecule has 0 saturated heterocycles. The summed E-state index contributed by atoms with van der Waals surface area (Å²) >= 11 is 1.61. The molecule has 2 rings (SSSR count). The minimum absolute atomic E-state index is 0.0787. The van der Waals surface area contributed by atoms with Crippen LogP contribution in [0.3, 0.4) is 0 Å². The normalized spacial score (nSPS) is 17.4. The number of aliphatic carboxylic acids is 1. The van der Waals surface area contributed by atoms with E-state index < -0.39 is 5.97 Å². The van der Waals surface area contributed by atoms with Gasteiger partial charge in [-0.1, -0.05) is 12.8 Å². The zero-order chi connectivity index (χ0) is 9.97. The molecule has 4 heteroatoms. The SMILES string of the molecule is O=C(O)Cc1ncsc1C1CCCC1. The molecule has 3 nitrogen and oxygen atoms in total. The molecule has 1 N–H and O–H groups in total. The molecule has 0 radical (unpaired) electrons. The van der Waals surface area contributed by atoms with Gasteiger partial charge in [0.15, 0.2) is 0 Å². The van der Waals surface area contributed by atoms with Crippen molar-refractivity contribution in [2.24, 2.45) is 0 Å². The molecule has 1 fully saturated rings. The van der Waals surface area contributed by atoms with Crippen LogP contribution in [-0.2, 0) is 11.2 Å². The van der Waals surface area contributed by atoms with Crippen LogP contribution in [0.1, 0.15) is 42.2 Å². The number of carbonyl (C=O) groups is 1. The number of carboxylic acid groups (broad SMARTS) is 1. The molecule has 1 saturated carbocycles. The fraction of sp³-hybridized carbons (Fsp3) is 0.600. The van der Waals surface area contributed by atoms with E-state index in [2.05, 4.69) is 4.98 Å². The molecule has 0 spiro atoms. The van der Waals surface area contributed by atoms with E-state index in [0.717, 1.165) is 5.69 Å². The Labute approximate surface area is 86.8 Å². The molecule has 0 aromatic carbocycles. The number of nitrogens with zero attached hydrogens (tertiary/aromatic N) is 1. The smallest absolute Gasteiger partial charge is 0.309 e. The van der Waals surface area contributed by atoms with Crippen molar-refractivity contribution in [3.63, 3.8) is 0 Å². The summed E-state index contributed by atoms with van der Waals surface area (Å²) < 4.78 is 0. The van der Waals surface area contributed by atoms with Crippen LogP contribution in [0.4, 0.5) is 0 Å². The molecule has 1 aliphatic carbocycles. The van der Waals surface area contributed by atoms with E-state index in [0.29, 0.717) is 5.92 Å². The van der Waals surface area contributed by atoms with Gasteiger partial charge >= 0.3 is 5.97 Å². The molecule has 1 heterocycles. The lowest BCUT2D eigenvalue weighted by Crippen LogP contribution is -2.04. The number of hydrogen-bond donors (Lipinski definition) is 1. The Hall–Kier alpha value is -0.900. The van der Waals surface area contributed by atoms with Crippen molar-refractivity contribution in [2.45, 2.75) is 38.0 Å². The summed E-state index contributed by atoms with van der Waals surface area (Å²) in [5, 5.41) is 8.72. The lowest BCUT2D eigenvalue weighted by atomic mass is 10.0. The molecular weight excluding hydrogens is 198 g/mol. The predicted molar refractivity (Wildman–Crippen MR) is 54.7 cm³/mol. The highest BCUT2D eigenvalue weighted by Gasteiger charge is 2.22. The molecule has 0 unspecified atom stereocenters. The monoisotopic (exact) mass is 211 g/mol. The first-order chi connectivity index (χ1) is 6.77. The van der Waals surface area contributed by atoms with Gasteiger partial charge in [0, 0.05) is 4.88 Å². The van der Waals surface area contributed by atoms with Gasteiger partial charge in [0.05, 0.1) is 17.6 Å². The molecule has 0 bridgehead atoms. The number of aromatic nitrogens is 1. The van der Waals surface area contributed by atoms with Crippen molar-refractivity contribution >= 4 is 17.3 Å². The van der Waals surface area contributed by atoms with Crippen molar-refractivity contribution < 1.29 is 9.90 Å². The maximum absolute atomic E-state index is 10.6. The Balaban J connectivity index is 2.15. The van der Waals surface area contributed by atoms with Crippen LogP contribution < -0.4 is 0 Å². The van der Waals surface area contributed by atoms with Gasteiger partial charge in [-0.2, -0.15) is 0 Å². The highest BCUT2D eigenvalue weighted by Crippen LogP contribution is 2.37. The summed E-state index contributed by atoms with van der Waals surface area (Å²) in [6, 6.07) is 0. The summed E-state index contributed by atoms with van der Waals surface area (Å²) in [6.07, 6.45) is 5.03. The Bertz CT molecular complexity index is 329. The van der Waals surface area contributed by atoms with E-state index in [9.17, 15) is 4.79 Å². The Morgan fingerprint density at radius 1 is 1.57 bits per heavy atom. The maximum Gasteiger partial charge on any atom is 0.309 e. The molecule has 1 aliphatic rings. The second-order valence-electron chi connectivity index (χ2n) is 3.72. The largest absolute Gasteiger partial charge is 0.481 e. The van der Waals surface area contributed by atoms with Crippen LogP contribution in [0.25, 0.3) is 0 Å². The lowest BCUT2D eigenvalue weighted by molar-refractivity contribution is -0.136. The van der Waals surface area contributed by atoms with Gasteiger partial charge in [-0.15, -0.1) is 11.3 Å². The number of hydrogen-bond acceptors (Lipinski definition) is 3. The molecule has 1 aromatic rings. The fourth-order valence-electron chi connectivity index (χ4n) is 2.07. The first-order valence-electron chi connectivity index (χ1n) is 4.91. The molecule has 1 aromatic heterocycles. The van der Waals surface area contributed by atoms with Gasteiger partial charge in [-0.25, -0.2) is 4.98 Å². The fourth-order valence-corrected chi connectivity index (χ4v) is 3.06. The van der Waals surface area contributed by atoms with Gasteiger partial charge in [-0.3, -0.25) is 4.79 Å².